The quantitative estimate of drug-likeness (QED) is 0.147. The first-order valence-corrected chi connectivity index (χ1v) is 15.3. The van der Waals surface area contributed by atoms with Gasteiger partial charge in [0.2, 0.25) is 0 Å². The Bertz CT molecular complexity index is 963. The van der Waals surface area contributed by atoms with Crippen molar-refractivity contribution in [1.82, 2.24) is 19.5 Å². The van der Waals surface area contributed by atoms with Crippen LogP contribution in [0.2, 0.25) is 0 Å². The first kappa shape index (κ1) is 30.8. The molecule has 1 aliphatic rings. The summed E-state index contributed by atoms with van der Waals surface area (Å²) in [5, 5.41) is 9.84. The summed E-state index contributed by atoms with van der Waals surface area (Å²) in [6.07, 6.45) is 17.3. The highest BCUT2D eigenvalue weighted by molar-refractivity contribution is 7.32. The second-order valence-electron chi connectivity index (χ2n) is 10.1. The van der Waals surface area contributed by atoms with Crippen molar-refractivity contribution >= 4 is 25.2 Å². The molecule has 0 saturated carbocycles. The fourth-order valence-corrected chi connectivity index (χ4v) is 5.52. The van der Waals surface area contributed by atoms with Crippen LogP contribution in [-0.2, 0) is 18.6 Å². The van der Waals surface area contributed by atoms with E-state index in [1.165, 1.54) is 83.3 Å². The molecule has 3 heterocycles. The molecule has 2 aromatic heterocycles. The van der Waals surface area contributed by atoms with Crippen LogP contribution < -0.4 is 5.73 Å². The molecule has 0 aromatic carbocycles. The van der Waals surface area contributed by atoms with Gasteiger partial charge in [-0.1, -0.05) is 90.4 Å². The minimum absolute atomic E-state index is 0.233. The van der Waals surface area contributed by atoms with Crippen LogP contribution in [0.5, 0.6) is 0 Å². The Kier molecular flexibility index (Phi) is 13.8. The average Bonchev–Trinajstić information content (AvgIpc) is 3.48. The summed E-state index contributed by atoms with van der Waals surface area (Å²) in [5.41, 5.74) is 6.77. The van der Waals surface area contributed by atoms with E-state index in [2.05, 4.69) is 21.9 Å². The Hall–Kier alpha value is -1.75. The van der Waals surface area contributed by atoms with Gasteiger partial charge in [0.15, 0.2) is 23.8 Å². The third-order valence-corrected chi connectivity index (χ3v) is 7.57. The Morgan fingerprint density at radius 2 is 1.55 bits per heavy atom. The first-order chi connectivity index (χ1) is 18.6. The Balaban J connectivity index is 1.41. The molecule has 38 heavy (non-hydrogen) atoms. The van der Waals surface area contributed by atoms with Gasteiger partial charge in [0.1, 0.15) is 24.1 Å². The molecule has 2 aromatic rings. The molecule has 11 nitrogen and oxygen atoms in total. The molecule has 1 saturated heterocycles. The highest BCUT2D eigenvalue weighted by atomic mass is 31.1. The lowest BCUT2D eigenvalue weighted by Gasteiger charge is -2.22. The van der Waals surface area contributed by atoms with E-state index >= 15 is 0 Å². The number of aliphatic hydroxyl groups excluding tert-OH is 1. The summed E-state index contributed by atoms with van der Waals surface area (Å²) in [6, 6.07) is 0. The molecule has 5 atom stereocenters. The van der Waals surface area contributed by atoms with Gasteiger partial charge in [-0.3, -0.25) is 4.57 Å². The van der Waals surface area contributed by atoms with Crippen molar-refractivity contribution in [3.05, 3.63) is 12.7 Å². The van der Waals surface area contributed by atoms with E-state index in [0.717, 1.165) is 19.3 Å². The second-order valence-corrected chi connectivity index (χ2v) is 10.8. The van der Waals surface area contributed by atoms with E-state index in [1.807, 2.05) is 0 Å². The predicted octanol–water partition coefficient (Wildman–Crippen LogP) is 5.20. The van der Waals surface area contributed by atoms with Crippen molar-refractivity contribution in [2.45, 2.75) is 121 Å². The van der Waals surface area contributed by atoms with Crippen molar-refractivity contribution in [3.8, 4) is 0 Å². The van der Waals surface area contributed by atoms with Crippen molar-refractivity contribution in [3.63, 3.8) is 0 Å². The third kappa shape index (κ3) is 9.17. The van der Waals surface area contributed by atoms with Crippen LogP contribution in [0.25, 0.3) is 11.2 Å². The normalized spacial score (nSPS) is 21.9. The molecule has 2 unspecified atom stereocenters. The number of unbranched alkanes of at least 4 members (excludes halogenated alkanes) is 13. The van der Waals surface area contributed by atoms with Gasteiger partial charge in [-0.2, -0.15) is 0 Å². The SMILES string of the molecule is CCCCCCCCCCCCCCCCOC1[C@@H](O[P+](=O)O)[C@@H](CO)O[C@H]1n1cnc2c(N)ncnc21. The first-order valence-electron chi connectivity index (χ1n) is 14.2. The van der Waals surface area contributed by atoms with Crippen LogP contribution >= 0.6 is 8.25 Å². The number of imidazole rings is 1. The summed E-state index contributed by atoms with van der Waals surface area (Å²) >= 11 is 0. The molecule has 12 heteroatoms. The number of ether oxygens (including phenoxy) is 2. The van der Waals surface area contributed by atoms with Crippen molar-refractivity contribution in [2.75, 3.05) is 18.9 Å². The van der Waals surface area contributed by atoms with Crippen LogP contribution in [0.15, 0.2) is 12.7 Å². The molecule has 0 bridgehead atoms. The van der Waals surface area contributed by atoms with E-state index in [4.69, 9.17) is 19.7 Å². The van der Waals surface area contributed by atoms with E-state index < -0.39 is 39.4 Å². The maximum absolute atomic E-state index is 11.5. The highest BCUT2D eigenvalue weighted by Crippen LogP contribution is 2.39. The highest BCUT2D eigenvalue weighted by Gasteiger charge is 2.51. The zero-order valence-corrected chi connectivity index (χ0v) is 23.5. The van der Waals surface area contributed by atoms with Gasteiger partial charge in [0, 0.05) is 11.2 Å². The number of nitrogens with two attached hydrogens (primary N) is 1. The van der Waals surface area contributed by atoms with E-state index in [0.29, 0.717) is 17.8 Å². The van der Waals surface area contributed by atoms with Gasteiger partial charge in [-0.05, 0) is 6.42 Å². The Morgan fingerprint density at radius 3 is 2.13 bits per heavy atom. The van der Waals surface area contributed by atoms with Gasteiger partial charge >= 0.3 is 8.25 Å². The minimum Gasteiger partial charge on any atom is -0.394 e. The maximum atomic E-state index is 11.5. The number of fused-ring (bicyclic) bond motifs is 1. The van der Waals surface area contributed by atoms with E-state index in [9.17, 15) is 14.6 Å². The van der Waals surface area contributed by atoms with E-state index in [-0.39, 0.29) is 5.82 Å². The maximum Gasteiger partial charge on any atom is 0.695 e. The lowest BCUT2D eigenvalue weighted by Crippen LogP contribution is -2.37. The summed E-state index contributed by atoms with van der Waals surface area (Å²) in [5.74, 6) is 0.233. The van der Waals surface area contributed by atoms with Crippen molar-refractivity contribution in [1.29, 1.82) is 0 Å². The smallest absolute Gasteiger partial charge is 0.394 e. The molecule has 0 aliphatic carbocycles. The fourth-order valence-electron chi connectivity index (χ4n) is 5.06. The molecule has 214 valence electrons. The number of aromatic nitrogens is 4. The van der Waals surface area contributed by atoms with Gasteiger partial charge in [-0.15, -0.1) is 9.42 Å². The summed E-state index contributed by atoms with van der Waals surface area (Å²) in [4.78, 5) is 21.9. The number of nitrogens with zero attached hydrogens (tertiary/aromatic N) is 4. The Labute approximate surface area is 226 Å². The van der Waals surface area contributed by atoms with Crippen LogP contribution in [0.4, 0.5) is 5.82 Å². The van der Waals surface area contributed by atoms with Crippen LogP contribution in [0, 0.1) is 0 Å². The standard InChI is InChI=1S/C26H44N5O6P/c1-2-3-4-5-6-7-8-9-10-11-12-13-14-15-16-35-23-22(37-38(33)34)20(17-32)36-26(23)31-19-30-21-24(27)28-18-29-25(21)31/h18-20,22-23,26,32H,2-17H2,1H3,(H2-,27,28,29,33,34)/p+1/t20-,22+,23?,26-/m1/s1. The van der Waals surface area contributed by atoms with Crippen LogP contribution in [0.1, 0.15) is 103 Å². The summed E-state index contributed by atoms with van der Waals surface area (Å²) in [6.45, 7) is 2.30. The van der Waals surface area contributed by atoms with Crippen LogP contribution in [0.3, 0.4) is 0 Å². The van der Waals surface area contributed by atoms with Gasteiger partial charge in [-0.25, -0.2) is 15.0 Å². The lowest BCUT2D eigenvalue weighted by atomic mass is 10.0. The number of hydrogen-bond donors (Lipinski definition) is 3. The van der Waals surface area contributed by atoms with Crippen molar-refractivity contribution < 1.29 is 28.6 Å². The van der Waals surface area contributed by atoms with Gasteiger partial charge in [0.05, 0.1) is 12.9 Å². The lowest BCUT2D eigenvalue weighted by molar-refractivity contribution is -0.0705. The van der Waals surface area contributed by atoms with Gasteiger partial charge in [0.25, 0.3) is 0 Å². The van der Waals surface area contributed by atoms with E-state index in [1.54, 1.807) is 4.57 Å². The molecule has 4 N–H and O–H groups in total. The number of anilines is 1. The predicted molar refractivity (Wildman–Crippen MR) is 145 cm³/mol. The molecule has 0 amide bonds. The monoisotopic (exact) mass is 554 g/mol. The summed E-state index contributed by atoms with van der Waals surface area (Å²) in [7, 11) is -2.92. The molecule has 1 fully saturated rings. The number of rotatable bonds is 20. The number of aliphatic hydroxyl groups is 1. The largest absolute Gasteiger partial charge is 0.695 e. The fraction of sp³-hybridized carbons (Fsp3) is 0.808. The number of hydrogen-bond acceptors (Lipinski definition) is 9. The zero-order valence-electron chi connectivity index (χ0n) is 22.6. The third-order valence-electron chi connectivity index (χ3n) is 7.15. The Morgan fingerprint density at radius 1 is 0.947 bits per heavy atom. The summed E-state index contributed by atoms with van der Waals surface area (Å²) < 4.78 is 30.5. The number of nitrogen functional groups attached to an aromatic ring is 1. The molecule has 3 rings (SSSR count). The van der Waals surface area contributed by atoms with Crippen molar-refractivity contribution in [2.24, 2.45) is 0 Å². The zero-order chi connectivity index (χ0) is 27.2. The average molecular weight is 555 g/mol. The topological polar surface area (TPSA) is 155 Å². The molecular weight excluding hydrogens is 509 g/mol. The molecular formula is C26H45N5O6P+. The molecule has 1 aliphatic heterocycles. The second kappa shape index (κ2) is 17.0. The minimum atomic E-state index is -2.92. The molecule has 0 radical (unpaired) electrons. The van der Waals surface area contributed by atoms with Crippen LogP contribution in [-0.4, -0.2) is 61.0 Å². The molecule has 0 spiro atoms. The van der Waals surface area contributed by atoms with Gasteiger partial charge < -0.3 is 20.3 Å².